The number of hydrogen-bond acceptors (Lipinski definition) is 2. The first-order valence-electron chi connectivity index (χ1n) is 13.1. The molecule has 5 aliphatic rings. The summed E-state index contributed by atoms with van der Waals surface area (Å²) in [5, 5.41) is 20.9. The maximum atomic E-state index is 10.7. The number of fused-ring (bicyclic) bond motifs is 7. The smallest absolute Gasteiger partial charge is 0.0594 e. The molecule has 0 aromatic rings. The van der Waals surface area contributed by atoms with Crippen molar-refractivity contribution >= 4 is 0 Å². The first-order valence-corrected chi connectivity index (χ1v) is 13.1. The molecule has 0 aromatic heterocycles. The van der Waals surface area contributed by atoms with E-state index >= 15 is 0 Å². The molecule has 0 heterocycles. The molecule has 0 bridgehead atoms. The fourth-order valence-electron chi connectivity index (χ4n) is 9.26. The highest BCUT2D eigenvalue weighted by molar-refractivity contribution is 5.47. The number of hydrogen-bond donors (Lipinski definition) is 2. The second-order valence-corrected chi connectivity index (χ2v) is 14.0. The van der Waals surface area contributed by atoms with Crippen LogP contribution in [0.25, 0.3) is 0 Å². The molecule has 3 fully saturated rings. The highest BCUT2D eigenvalue weighted by Gasteiger charge is 2.64. The van der Waals surface area contributed by atoms with Crippen molar-refractivity contribution in [3.63, 3.8) is 0 Å². The lowest BCUT2D eigenvalue weighted by Gasteiger charge is -2.68. The Bertz CT molecular complexity index is 823. The Morgan fingerprint density at radius 2 is 1.65 bits per heavy atom. The van der Waals surface area contributed by atoms with Crippen LogP contribution in [0.5, 0.6) is 0 Å². The van der Waals surface area contributed by atoms with Crippen LogP contribution < -0.4 is 0 Å². The molecule has 0 aliphatic heterocycles. The van der Waals surface area contributed by atoms with Crippen molar-refractivity contribution in [3.8, 4) is 0 Å². The van der Waals surface area contributed by atoms with Gasteiger partial charge in [-0.2, -0.15) is 0 Å². The fraction of sp³-hybridized carbons (Fsp3) is 0.862. The highest BCUT2D eigenvalue weighted by atomic mass is 16.3. The molecule has 2 N–H and O–H groups in total. The number of rotatable bonds is 1. The van der Waals surface area contributed by atoms with Gasteiger partial charge in [0.15, 0.2) is 0 Å². The van der Waals surface area contributed by atoms with Gasteiger partial charge in [-0.25, -0.2) is 0 Å². The Morgan fingerprint density at radius 3 is 2.35 bits per heavy atom. The molecule has 3 saturated carbocycles. The maximum absolute atomic E-state index is 10.7. The molecule has 5 aliphatic carbocycles. The van der Waals surface area contributed by atoms with Crippen LogP contribution in [0.2, 0.25) is 0 Å². The predicted molar refractivity (Wildman–Crippen MR) is 127 cm³/mol. The SMILES string of the molecule is CC1(C)C(O)CCC2C3=CC[C@@]4(C)C5C[C@](C)(CO)CC[C@]5(C)CC[C@]4(C)C3=CCC21. The first kappa shape index (κ1) is 22.2. The summed E-state index contributed by atoms with van der Waals surface area (Å²) in [5.74, 6) is 1.87. The predicted octanol–water partition coefficient (Wildman–Crippen LogP) is 6.67. The monoisotopic (exact) mass is 426 g/mol. The summed E-state index contributed by atoms with van der Waals surface area (Å²) in [6, 6.07) is 0. The van der Waals surface area contributed by atoms with E-state index < -0.39 is 0 Å². The molecule has 0 aromatic carbocycles. The van der Waals surface area contributed by atoms with Crippen molar-refractivity contribution in [1.29, 1.82) is 0 Å². The average Bonchev–Trinajstić information content (AvgIpc) is 2.73. The molecule has 0 spiro atoms. The molecule has 8 atom stereocenters. The molecular weight excluding hydrogens is 380 g/mol. The molecular formula is C29H46O2. The van der Waals surface area contributed by atoms with E-state index in [4.69, 9.17) is 0 Å². The van der Waals surface area contributed by atoms with Gasteiger partial charge >= 0.3 is 0 Å². The second kappa shape index (κ2) is 6.72. The first-order chi connectivity index (χ1) is 14.4. The van der Waals surface area contributed by atoms with E-state index in [1.165, 1.54) is 38.5 Å². The normalized spacial score (nSPS) is 53.3. The van der Waals surface area contributed by atoms with E-state index in [-0.39, 0.29) is 27.8 Å². The molecule has 2 nitrogen and oxygen atoms in total. The minimum absolute atomic E-state index is 0.00485. The van der Waals surface area contributed by atoms with Gasteiger partial charge in [-0.05, 0) is 114 Å². The summed E-state index contributed by atoms with van der Waals surface area (Å²) in [6.45, 7) is 15.0. The third kappa shape index (κ3) is 2.82. The zero-order valence-corrected chi connectivity index (χ0v) is 20.9. The van der Waals surface area contributed by atoms with E-state index in [0.717, 1.165) is 19.3 Å². The third-order valence-electron chi connectivity index (χ3n) is 12.1. The lowest BCUT2D eigenvalue weighted by atomic mass is 9.37. The number of aliphatic hydroxyl groups is 2. The van der Waals surface area contributed by atoms with E-state index in [1.807, 2.05) is 0 Å². The van der Waals surface area contributed by atoms with Gasteiger partial charge in [0.25, 0.3) is 0 Å². The topological polar surface area (TPSA) is 40.5 Å². The van der Waals surface area contributed by atoms with Crippen molar-refractivity contribution in [2.24, 2.45) is 44.8 Å². The molecule has 5 rings (SSSR count). The molecule has 2 heteroatoms. The number of aliphatic hydroxyl groups excluding tert-OH is 2. The largest absolute Gasteiger partial charge is 0.396 e. The zero-order chi connectivity index (χ0) is 22.4. The van der Waals surface area contributed by atoms with E-state index in [1.54, 1.807) is 11.1 Å². The zero-order valence-electron chi connectivity index (χ0n) is 20.9. The van der Waals surface area contributed by atoms with Gasteiger partial charge in [0.05, 0.1) is 6.10 Å². The quantitative estimate of drug-likeness (QED) is 0.491. The minimum Gasteiger partial charge on any atom is -0.396 e. The average molecular weight is 427 g/mol. The van der Waals surface area contributed by atoms with Gasteiger partial charge in [0, 0.05) is 6.61 Å². The standard InChI is InChI=1S/C29H46O2/c1-25(2)21-8-9-22-20(19(21)7-10-24(25)31)11-12-29(6)23-17-26(3,18-30)13-14-27(23,4)15-16-28(22,29)5/h9,11,19,21,23-24,30-31H,7-8,10,12-18H2,1-6H3/t19?,21?,23?,24?,26-,27-,28-,29+/m1/s1. The van der Waals surface area contributed by atoms with E-state index in [0.29, 0.717) is 29.8 Å². The Balaban J connectivity index is 1.56. The van der Waals surface area contributed by atoms with Crippen LogP contribution in [-0.2, 0) is 0 Å². The van der Waals surface area contributed by atoms with Crippen molar-refractivity contribution in [1.82, 2.24) is 0 Å². The Labute approximate surface area is 190 Å². The number of allylic oxidation sites excluding steroid dienone is 4. The van der Waals surface area contributed by atoms with Crippen molar-refractivity contribution < 1.29 is 10.2 Å². The van der Waals surface area contributed by atoms with Crippen LogP contribution in [0.3, 0.4) is 0 Å². The Kier molecular flexibility index (Phi) is 4.81. The summed E-state index contributed by atoms with van der Waals surface area (Å²) < 4.78 is 0. The Hall–Kier alpha value is -0.600. The van der Waals surface area contributed by atoms with Crippen molar-refractivity contribution in [2.45, 2.75) is 105 Å². The van der Waals surface area contributed by atoms with E-state index in [2.05, 4.69) is 53.7 Å². The van der Waals surface area contributed by atoms with Gasteiger partial charge in [-0.15, -0.1) is 0 Å². The molecule has 0 amide bonds. The van der Waals surface area contributed by atoms with Crippen LogP contribution >= 0.6 is 0 Å². The summed E-state index contributed by atoms with van der Waals surface area (Å²) in [5.41, 5.74) is 4.34. The fourth-order valence-corrected chi connectivity index (χ4v) is 9.26. The van der Waals surface area contributed by atoms with Gasteiger partial charge in [-0.1, -0.05) is 53.7 Å². The Morgan fingerprint density at radius 1 is 0.935 bits per heavy atom. The second-order valence-electron chi connectivity index (χ2n) is 14.0. The van der Waals surface area contributed by atoms with Crippen LogP contribution in [0.4, 0.5) is 0 Å². The maximum Gasteiger partial charge on any atom is 0.0594 e. The van der Waals surface area contributed by atoms with Gasteiger partial charge in [0.1, 0.15) is 0 Å². The van der Waals surface area contributed by atoms with Crippen molar-refractivity contribution in [2.75, 3.05) is 6.61 Å². The summed E-state index contributed by atoms with van der Waals surface area (Å²) in [4.78, 5) is 0. The highest BCUT2D eigenvalue weighted by Crippen LogP contribution is 2.73. The third-order valence-corrected chi connectivity index (χ3v) is 12.1. The van der Waals surface area contributed by atoms with E-state index in [9.17, 15) is 10.2 Å². The van der Waals surface area contributed by atoms with Crippen LogP contribution in [-0.4, -0.2) is 22.9 Å². The van der Waals surface area contributed by atoms with Crippen LogP contribution in [0.15, 0.2) is 23.3 Å². The lowest BCUT2D eigenvalue weighted by molar-refractivity contribution is -0.147. The molecule has 174 valence electrons. The molecule has 0 radical (unpaired) electrons. The minimum atomic E-state index is -0.164. The lowest BCUT2D eigenvalue weighted by Crippen LogP contribution is -2.60. The summed E-state index contributed by atoms with van der Waals surface area (Å²) in [6.07, 6.45) is 15.8. The van der Waals surface area contributed by atoms with Crippen LogP contribution in [0, 0.1) is 44.8 Å². The molecule has 4 unspecified atom stereocenters. The van der Waals surface area contributed by atoms with Gasteiger partial charge in [-0.3, -0.25) is 0 Å². The van der Waals surface area contributed by atoms with Crippen LogP contribution in [0.1, 0.15) is 99.3 Å². The van der Waals surface area contributed by atoms with Gasteiger partial charge in [0.2, 0.25) is 0 Å². The summed E-state index contributed by atoms with van der Waals surface area (Å²) >= 11 is 0. The van der Waals surface area contributed by atoms with Gasteiger partial charge < -0.3 is 10.2 Å². The summed E-state index contributed by atoms with van der Waals surface area (Å²) in [7, 11) is 0. The molecule has 31 heavy (non-hydrogen) atoms. The van der Waals surface area contributed by atoms with Crippen molar-refractivity contribution in [3.05, 3.63) is 23.3 Å². The molecule has 0 saturated heterocycles.